The Morgan fingerprint density at radius 2 is 1.71 bits per heavy atom. The van der Waals surface area contributed by atoms with Crippen molar-refractivity contribution in [2.75, 3.05) is 31.1 Å². The first-order valence-corrected chi connectivity index (χ1v) is 13.2. The number of sulfonamides is 1. The summed E-state index contributed by atoms with van der Waals surface area (Å²) in [5.74, 6) is 1.83. The summed E-state index contributed by atoms with van der Waals surface area (Å²) in [6, 6.07) is 11.1. The van der Waals surface area contributed by atoms with E-state index in [0.717, 1.165) is 29.3 Å². The Kier molecular flexibility index (Phi) is 5.81. The van der Waals surface area contributed by atoms with E-state index < -0.39 is 10.0 Å². The molecule has 2 aromatic heterocycles. The first-order chi connectivity index (χ1) is 15.0. The first-order valence-electron chi connectivity index (χ1n) is 10.6. The van der Waals surface area contributed by atoms with Crippen LogP contribution in [0, 0.1) is 0 Å². The van der Waals surface area contributed by atoms with Gasteiger partial charge < -0.3 is 9.32 Å². The number of benzene rings is 1. The van der Waals surface area contributed by atoms with Crippen molar-refractivity contribution in [2.24, 2.45) is 0 Å². The van der Waals surface area contributed by atoms with Crippen molar-refractivity contribution in [1.82, 2.24) is 9.29 Å². The van der Waals surface area contributed by atoms with Gasteiger partial charge in [-0.05, 0) is 49.2 Å². The average Bonchev–Trinajstić information content (AvgIpc) is 3.55. The van der Waals surface area contributed by atoms with E-state index in [4.69, 9.17) is 16.0 Å². The molecule has 2 fully saturated rings. The van der Waals surface area contributed by atoms with E-state index in [2.05, 4.69) is 9.88 Å². The molecule has 1 aliphatic heterocycles. The molecule has 1 aromatic carbocycles. The third-order valence-electron chi connectivity index (χ3n) is 6.08. The SMILES string of the molecule is O=S(=O)(c1ccc(-c2cnc(C3CCCC3)o2)s1)N1CCN(c2ccc(Cl)cc2)CC1. The normalized spacial score (nSPS) is 18.7. The average molecular weight is 478 g/mol. The highest BCUT2D eigenvalue weighted by molar-refractivity contribution is 7.91. The van der Waals surface area contributed by atoms with Crippen molar-refractivity contribution in [3.8, 4) is 10.6 Å². The van der Waals surface area contributed by atoms with Crippen LogP contribution < -0.4 is 4.90 Å². The summed E-state index contributed by atoms with van der Waals surface area (Å²) in [7, 11) is -3.53. The van der Waals surface area contributed by atoms with Gasteiger partial charge >= 0.3 is 0 Å². The third kappa shape index (κ3) is 4.26. The maximum Gasteiger partial charge on any atom is 0.252 e. The number of oxazole rings is 1. The molecule has 0 amide bonds. The van der Waals surface area contributed by atoms with Crippen LogP contribution in [0.4, 0.5) is 5.69 Å². The zero-order chi connectivity index (χ0) is 21.4. The zero-order valence-corrected chi connectivity index (χ0v) is 19.4. The lowest BCUT2D eigenvalue weighted by molar-refractivity contribution is 0.386. The smallest absolute Gasteiger partial charge is 0.252 e. The Morgan fingerprint density at radius 3 is 2.42 bits per heavy atom. The Hall–Kier alpha value is -1.87. The fraction of sp³-hybridized carbons (Fsp3) is 0.409. The second kappa shape index (κ2) is 8.58. The van der Waals surface area contributed by atoms with E-state index in [-0.39, 0.29) is 0 Å². The summed E-state index contributed by atoms with van der Waals surface area (Å²) < 4.78 is 34.3. The lowest BCUT2D eigenvalue weighted by atomic mass is 10.1. The largest absolute Gasteiger partial charge is 0.440 e. The van der Waals surface area contributed by atoms with Gasteiger partial charge in [0.15, 0.2) is 11.7 Å². The number of thiophene rings is 1. The van der Waals surface area contributed by atoms with Gasteiger partial charge in [0.1, 0.15) is 4.21 Å². The Morgan fingerprint density at radius 1 is 1.00 bits per heavy atom. The molecule has 31 heavy (non-hydrogen) atoms. The Bertz CT molecular complexity index is 1140. The van der Waals surface area contributed by atoms with Gasteiger partial charge in [-0.1, -0.05) is 24.4 Å². The van der Waals surface area contributed by atoms with Crippen LogP contribution in [-0.2, 0) is 10.0 Å². The molecule has 2 aliphatic rings. The molecule has 3 aromatic rings. The monoisotopic (exact) mass is 477 g/mol. The second-order valence-electron chi connectivity index (χ2n) is 8.03. The Labute approximate surface area is 191 Å². The van der Waals surface area contributed by atoms with E-state index in [1.807, 2.05) is 30.3 Å². The first kappa shape index (κ1) is 21.0. The van der Waals surface area contributed by atoms with E-state index in [0.29, 0.717) is 47.1 Å². The van der Waals surface area contributed by atoms with Gasteiger partial charge in [-0.2, -0.15) is 4.31 Å². The molecule has 0 bridgehead atoms. The van der Waals surface area contributed by atoms with E-state index in [1.54, 1.807) is 16.6 Å². The minimum Gasteiger partial charge on any atom is -0.440 e. The molecular weight excluding hydrogens is 454 g/mol. The summed E-state index contributed by atoms with van der Waals surface area (Å²) >= 11 is 7.22. The number of halogens is 1. The highest BCUT2D eigenvalue weighted by Gasteiger charge is 2.30. The van der Waals surface area contributed by atoms with Crippen molar-refractivity contribution >= 4 is 38.6 Å². The van der Waals surface area contributed by atoms with Crippen LogP contribution in [0.2, 0.25) is 5.02 Å². The fourth-order valence-electron chi connectivity index (χ4n) is 4.32. The predicted molar refractivity (Wildman–Crippen MR) is 123 cm³/mol. The predicted octanol–water partition coefficient (Wildman–Crippen LogP) is 5.23. The second-order valence-corrected chi connectivity index (χ2v) is 11.7. The van der Waals surface area contributed by atoms with Gasteiger partial charge in [-0.25, -0.2) is 13.4 Å². The lowest BCUT2D eigenvalue weighted by Gasteiger charge is -2.35. The third-order valence-corrected chi connectivity index (χ3v) is 9.79. The molecule has 3 heterocycles. The summed E-state index contributed by atoms with van der Waals surface area (Å²) in [5, 5.41) is 0.695. The number of hydrogen-bond donors (Lipinski definition) is 0. The van der Waals surface area contributed by atoms with Gasteiger partial charge in [0.25, 0.3) is 10.0 Å². The van der Waals surface area contributed by atoms with Crippen molar-refractivity contribution in [1.29, 1.82) is 0 Å². The standard InChI is InChI=1S/C22H24ClN3O3S2/c23-17-5-7-18(8-6-17)25-11-13-26(14-12-25)31(27,28)21-10-9-20(30-21)19-15-24-22(29-19)16-3-1-2-4-16/h5-10,15-16H,1-4,11-14H2. The fourth-order valence-corrected chi connectivity index (χ4v) is 7.28. The highest BCUT2D eigenvalue weighted by atomic mass is 35.5. The topological polar surface area (TPSA) is 66.7 Å². The number of piperazine rings is 1. The zero-order valence-electron chi connectivity index (χ0n) is 17.0. The minimum atomic E-state index is -3.53. The lowest BCUT2D eigenvalue weighted by Crippen LogP contribution is -2.48. The molecule has 0 unspecified atom stereocenters. The van der Waals surface area contributed by atoms with Crippen LogP contribution in [0.1, 0.15) is 37.5 Å². The van der Waals surface area contributed by atoms with Crippen LogP contribution in [0.3, 0.4) is 0 Å². The number of hydrogen-bond acceptors (Lipinski definition) is 6. The molecule has 1 saturated carbocycles. The van der Waals surface area contributed by atoms with Gasteiger partial charge in [0.2, 0.25) is 0 Å². The molecule has 0 spiro atoms. The van der Waals surface area contributed by atoms with Gasteiger partial charge in [0.05, 0.1) is 11.1 Å². The molecule has 164 valence electrons. The molecule has 1 aliphatic carbocycles. The maximum atomic E-state index is 13.2. The summed E-state index contributed by atoms with van der Waals surface area (Å²) in [4.78, 5) is 7.43. The molecule has 5 rings (SSSR count). The van der Waals surface area contributed by atoms with Crippen LogP contribution in [0.5, 0.6) is 0 Å². The van der Waals surface area contributed by atoms with E-state index in [9.17, 15) is 8.42 Å². The highest BCUT2D eigenvalue weighted by Crippen LogP contribution is 2.38. The van der Waals surface area contributed by atoms with Crippen molar-refractivity contribution < 1.29 is 12.8 Å². The summed E-state index contributed by atoms with van der Waals surface area (Å²) in [6.45, 7) is 2.19. The van der Waals surface area contributed by atoms with Crippen molar-refractivity contribution in [3.63, 3.8) is 0 Å². The molecule has 9 heteroatoms. The van der Waals surface area contributed by atoms with E-state index >= 15 is 0 Å². The van der Waals surface area contributed by atoms with Crippen LogP contribution in [0.15, 0.2) is 51.2 Å². The van der Waals surface area contributed by atoms with Crippen LogP contribution >= 0.6 is 22.9 Å². The number of aromatic nitrogens is 1. The minimum absolute atomic E-state index is 0.348. The molecule has 1 saturated heterocycles. The van der Waals surface area contributed by atoms with Gasteiger partial charge in [-0.15, -0.1) is 11.3 Å². The number of nitrogens with zero attached hydrogens (tertiary/aromatic N) is 3. The molecule has 0 atom stereocenters. The van der Waals surface area contributed by atoms with E-state index in [1.165, 1.54) is 24.2 Å². The molecule has 0 radical (unpaired) electrons. The molecule has 6 nitrogen and oxygen atoms in total. The maximum absolute atomic E-state index is 13.2. The van der Waals surface area contributed by atoms with Gasteiger partial charge in [0, 0.05) is 42.8 Å². The number of anilines is 1. The summed E-state index contributed by atoms with van der Waals surface area (Å²) in [6.07, 6.45) is 6.39. The molecular formula is C22H24ClN3O3S2. The quantitative estimate of drug-likeness (QED) is 0.503. The van der Waals surface area contributed by atoms with Crippen molar-refractivity contribution in [3.05, 3.63) is 53.5 Å². The van der Waals surface area contributed by atoms with Crippen molar-refractivity contribution in [2.45, 2.75) is 35.8 Å². The van der Waals surface area contributed by atoms with Gasteiger partial charge in [-0.3, -0.25) is 0 Å². The van der Waals surface area contributed by atoms with Crippen LogP contribution in [0.25, 0.3) is 10.6 Å². The summed E-state index contributed by atoms with van der Waals surface area (Å²) in [5.41, 5.74) is 1.06. The van der Waals surface area contributed by atoms with Crippen LogP contribution in [-0.4, -0.2) is 43.9 Å². The Balaban J connectivity index is 1.27. The molecule has 0 N–H and O–H groups in total. The number of rotatable bonds is 5.